The average molecular weight is 529 g/mol. The number of nitrogens with one attached hydrogen (secondary N) is 2. The lowest BCUT2D eigenvalue weighted by Gasteiger charge is -2.25. The van der Waals surface area contributed by atoms with Crippen molar-refractivity contribution in [2.45, 2.75) is 45.4 Å². The number of sulfonamides is 1. The normalized spacial score (nSPS) is 17.2. The lowest BCUT2D eigenvalue weighted by atomic mass is 10.1. The molecule has 0 bridgehead atoms. The third-order valence-corrected chi connectivity index (χ3v) is 5.82. The number of rotatable bonds is 9. The molecule has 1 aromatic heterocycles. The second-order valence-electron chi connectivity index (χ2n) is 6.55. The highest BCUT2D eigenvalue weighted by Crippen LogP contribution is 2.13. The summed E-state index contributed by atoms with van der Waals surface area (Å²) in [4.78, 5) is 8.73. The zero-order valence-electron chi connectivity index (χ0n) is 17.0. The number of fused-ring (bicyclic) bond motifs is 1. The van der Waals surface area contributed by atoms with Gasteiger partial charge in [0.2, 0.25) is 10.0 Å². The Balaban J connectivity index is 0.00000392. The molecule has 0 amide bonds. The van der Waals surface area contributed by atoms with Crippen molar-refractivity contribution in [1.82, 2.24) is 29.7 Å². The van der Waals surface area contributed by atoms with Gasteiger partial charge in [0.25, 0.3) is 0 Å². The standard InChI is InChI=1S/C16H31N7O3S.HI/c1-5-22(27(4,24)25)10-6-9-18-16(17-2)19-13-7-8-15-20-14(12-26-3)21-23(15)11-13;/h13H,5-12H2,1-4H3,(H2,17,18,19);1H. The molecule has 28 heavy (non-hydrogen) atoms. The van der Waals surface area contributed by atoms with E-state index in [-0.39, 0.29) is 30.0 Å². The SMILES string of the molecule is CCN(CCCNC(=NC)NC1CCc2nc(COC)nn2C1)S(C)(=O)=O.I. The third-order valence-electron chi connectivity index (χ3n) is 4.44. The van der Waals surface area contributed by atoms with Crippen LogP contribution in [0.15, 0.2) is 4.99 Å². The number of aryl methyl sites for hydroxylation is 1. The number of aliphatic imine (C=N–C) groups is 1. The maximum Gasteiger partial charge on any atom is 0.211 e. The van der Waals surface area contributed by atoms with Crippen molar-refractivity contribution in [3.63, 3.8) is 0 Å². The van der Waals surface area contributed by atoms with Gasteiger partial charge < -0.3 is 15.4 Å². The lowest BCUT2D eigenvalue weighted by Crippen LogP contribution is -2.47. The Morgan fingerprint density at radius 3 is 2.82 bits per heavy atom. The lowest BCUT2D eigenvalue weighted by molar-refractivity contribution is 0.177. The molecule has 0 aromatic carbocycles. The van der Waals surface area contributed by atoms with Crippen LogP contribution >= 0.6 is 24.0 Å². The van der Waals surface area contributed by atoms with Crippen LogP contribution in [0.1, 0.15) is 31.4 Å². The van der Waals surface area contributed by atoms with Crippen LogP contribution < -0.4 is 10.6 Å². The minimum atomic E-state index is -3.14. The molecule has 1 aliphatic heterocycles. The molecule has 0 saturated heterocycles. The van der Waals surface area contributed by atoms with Gasteiger partial charge in [-0.25, -0.2) is 22.4 Å². The summed E-state index contributed by atoms with van der Waals surface area (Å²) >= 11 is 0. The summed E-state index contributed by atoms with van der Waals surface area (Å²) in [5, 5.41) is 11.1. The number of hydrogen-bond donors (Lipinski definition) is 2. The first kappa shape index (κ1) is 25.0. The molecule has 2 rings (SSSR count). The van der Waals surface area contributed by atoms with Crippen molar-refractivity contribution in [2.75, 3.05) is 40.0 Å². The molecule has 0 aliphatic carbocycles. The molecular weight excluding hydrogens is 497 g/mol. The van der Waals surface area contributed by atoms with Gasteiger partial charge in [-0.15, -0.1) is 24.0 Å². The zero-order chi connectivity index (χ0) is 19.9. The molecule has 0 fully saturated rings. The molecule has 162 valence electrons. The molecule has 10 nitrogen and oxygen atoms in total. The summed E-state index contributed by atoms with van der Waals surface area (Å²) in [5.74, 6) is 2.41. The van der Waals surface area contributed by atoms with E-state index >= 15 is 0 Å². The first-order valence-electron chi connectivity index (χ1n) is 9.21. The van der Waals surface area contributed by atoms with Crippen LogP contribution in [0.4, 0.5) is 0 Å². The maximum absolute atomic E-state index is 11.6. The topological polar surface area (TPSA) is 114 Å². The van der Waals surface area contributed by atoms with Gasteiger partial charge in [-0.1, -0.05) is 6.92 Å². The van der Waals surface area contributed by atoms with E-state index in [2.05, 4.69) is 25.7 Å². The number of nitrogens with zero attached hydrogens (tertiary/aromatic N) is 5. The van der Waals surface area contributed by atoms with E-state index in [1.54, 1.807) is 14.2 Å². The summed E-state index contributed by atoms with van der Waals surface area (Å²) in [6, 6.07) is 0.212. The van der Waals surface area contributed by atoms with E-state index < -0.39 is 10.0 Å². The van der Waals surface area contributed by atoms with Crippen LogP contribution in [-0.4, -0.2) is 79.5 Å². The van der Waals surface area contributed by atoms with Crippen molar-refractivity contribution >= 4 is 40.0 Å². The fraction of sp³-hybridized carbons (Fsp3) is 0.812. The molecule has 0 radical (unpaired) electrons. The Labute approximate surface area is 184 Å². The van der Waals surface area contributed by atoms with Gasteiger partial charge in [-0.2, -0.15) is 5.10 Å². The highest BCUT2D eigenvalue weighted by Gasteiger charge is 2.22. The minimum Gasteiger partial charge on any atom is -0.377 e. The third kappa shape index (κ3) is 7.44. The summed E-state index contributed by atoms with van der Waals surface area (Å²) in [6.07, 6.45) is 3.75. The van der Waals surface area contributed by atoms with Crippen LogP contribution in [0.3, 0.4) is 0 Å². The Morgan fingerprint density at radius 2 is 2.21 bits per heavy atom. The van der Waals surface area contributed by atoms with Gasteiger partial charge in [0.05, 0.1) is 12.8 Å². The maximum atomic E-state index is 11.6. The van der Waals surface area contributed by atoms with E-state index in [0.29, 0.717) is 44.4 Å². The average Bonchev–Trinajstić information content (AvgIpc) is 3.01. The minimum absolute atomic E-state index is 0. The van der Waals surface area contributed by atoms with Gasteiger partial charge in [-0.05, 0) is 12.8 Å². The van der Waals surface area contributed by atoms with Gasteiger partial charge in [0.15, 0.2) is 11.8 Å². The number of methoxy groups -OCH3 is 1. The fourth-order valence-electron chi connectivity index (χ4n) is 3.08. The molecule has 1 unspecified atom stereocenters. The summed E-state index contributed by atoms with van der Waals surface area (Å²) in [5.41, 5.74) is 0. The summed E-state index contributed by atoms with van der Waals surface area (Å²) in [6.45, 7) is 4.61. The van der Waals surface area contributed by atoms with Crippen LogP contribution in [0.2, 0.25) is 0 Å². The highest BCUT2D eigenvalue weighted by atomic mass is 127. The molecular formula is C16H32IN7O3S. The van der Waals surface area contributed by atoms with Crippen molar-refractivity contribution in [3.8, 4) is 0 Å². The van der Waals surface area contributed by atoms with Crippen molar-refractivity contribution in [3.05, 3.63) is 11.6 Å². The van der Waals surface area contributed by atoms with E-state index in [9.17, 15) is 8.42 Å². The molecule has 1 atom stereocenters. The molecule has 1 aromatic rings. The largest absolute Gasteiger partial charge is 0.377 e. The molecule has 0 saturated carbocycles. The number of guanidine groups is 1. The van der Waals surface area contributed by atoms with E-state index in [1.165, 1.54) is 10.6 Å². The zero-order valence-corrected chi connectivity index (χ0v) is 20.2. The second-order valence-corrected chi connectivity index (χ2v) is 8.53. The number of ether oxygens (including phenoxy) is 1. The Hall–Kier alpha value is -0.990. The van der Waals surface area contributed by atoms with Crippen molar-refractivity contribution in [2.24, 2.45) is 4.99 Å². The number of aromatic nitrogens is 3. The fourth-order valence-corrected chi connectivity index (χ4v) is 4.01. The predicted octanol–water partition coefficient (Wildman–Crippen LogP) is 0.194. The number of halogens is 1. The summed E-state index contributed by atoms with van der Waals surface area (Å²) < 4.78 is 31.7. The molecule has 2 N–H and O–H groups in total. The monoisotopic (exact) mass is 529 g/mol. The first-order chi connectivity index (χ1) is 12.9. The van der Waals surface area contributed by atoms with Crippen molar-refractivity contribution < 1.29 is 13.2 Å². The van der Waals surface area contributed by atoms with Gasteiger partial charge in [-0.3, -0.25) is 4.99 Å². The van der Waals surface area contributed by atoms with Crippen molar-refractivity contribution in [1.29, 1.82) is 0 Å². The smallest absolute Gasteiger partial charge is 0.211 e. The predicted molar refractivity (Wildman–Crippen MR) is 119 cm³/mol. The summed E-state index contributed by atoms with van der Waals surface area (Å²) in [7, 11) is 0.222. The van der Waals surface area contributed by atoms with Gasteiger partial charge in [0.1, 0.15) is 12.4 Å². The molecule has 12 heteroatoms. The van der Waals surface area contributed by atoms with Crippen LogP contribution in [0, 0.1) is 0 Å². The molecule has 2 heterocycles. The van der Waals surface area contributed by atoms with E-state index in [0.717, 1.165) is 25.2 Å². The molecule has 0 spiro atoms. The first-order valence-corrected chi connectivity index (χ1v) is 11.1. The van der Waals surface area contributed by atoms with Crippen LogP contribution in [0.5, 0.6) is 0 Å². The van der Waals surface area contributed by atoms with E-state index in [4.69, 9.17) is 4.74 Å². The Kier molecular flexibility index (Phi) is 10.6. The quantitative estimate of drug-likeness (QED) is 0.203. The van der Waals surface area contributed by atoms with Crippen LogP contribution in [-0.2, 0) is 34.3 Å². The Bertz CT molecular complexity index is 739. The van der Waals surface area contributed by atoms with Gasteiger partial charge in [0, 0.05) is 46.3 Å². The van der Waals surface area contributed by atoms with Crippen LogP contribution in [0.25, 0.3) is 0 Å². The highest BCUT2D eigenvalue weighted by molar-refractivity contribution is 14.0. The van der Waals surface area contributed by atoms with Gasteiger partial charge >= 0.3 is 0 Å². The second kappa shape index (κ2) is 11.9. The number of hydrogen-bond acceptors (Lipinski definition) is 6. The molecule has 1 aliphatic rings. The Morgan fingerprint density at radius 1 is 1.46 bits per heavy atom. The van der Waals surface area contributed by atoms with E-state index in [1.807, 2.05) is 11.6 Å².